The Hall–Kier alpha value is -0.195. The van der Waals surface area contributed by atoms with Gasteiger partial charge in [0.1, 0.15) is 0 Å². The van der Waals surface area contributed by atoms with Gasteiger partial charge in [-0.1, -0.05) is 111 Å². The molecule has 0 N–H and O–H groups in total. The first-order chi connectivity index (χ1) is 17.7. The Morgan fingerprint density at radius 3 is 1.97 bits per heavy atom. The van der Waals surface area contributed by atoms with E-state index >= 15 is 0 Å². The topological polar surface area (TPSA) is 0 Å². The van der Waals surface area contributed by atoms with Crippen molar-refractivity contribution in [3.63, 3.8) is 0 Å². The van der Waals surface area contributed by atoms with Gasteiger partial charge >= 0.3 is 0 Å². The maximum Gasteiger partial charge on any atom is 0.0699 e. The zero-order valence-corrected chi connectivity index (χ0v) is 25.8. The number of allylic oxidation sites excluding steroid dienone is 1. The van der Waals surface area contributed by atoms with E-state index in [2.05, 4.69) is 54.2 Å². The summed E-state index contributed by atoms with van der Waals surface area (Å²) in [5, 5.41) is 0. The van der Waals surface area contributed by atoms with Gasteiger partial charge in [0, 0.05) is 0 Å². The van der Waals surface area contributed by atoms with Crippen LogP contribution in [-0.2, 0) is 0 Å². The fourth-order valence-electron chi connectivity index (χ4n) is 10.6. The molecule has 0 aromatic carbocycles. The van der Waals surface area contributed by atoms with Crippen molar-refractivity contribution >= 4 is 7.85 Å². The van der Waals surface area contributed by atoms with Crippen LogP contribution in [0.4, 0.5) is 0 Å². The largest absolute Gasteiger partial charge is 0.103 e. The molecule has 0 aromatic heterocycles. The minimum absolute atomic E-state index is 0.322. The Kier molecular flexibility index (Phi) is 10.8. The average Bonchev–Trinajstić information content (AvgIpc) is 3.19. The van der Waals surface area contributed by atoms with Crippen molar-refractivity contribution in [3.05, 3.63) is 12.7 Å². The van der Waals surface area contributed by atoms with Crippen molar-refractivity contribution in [1.29, 1.82) is 0 Å². The minimum atomic E-state index is 0.322. The van der Waals surface area contributed by atoms with Crippen molar-refractivity contribution in [2.75, 3.05) is 0 Å². The first kappa shape index (κ1) is 29.8. The minimum Gasteiger partial charge on any atom is -0.103 e. The summed E-state index contributed by atoms with van der Waals surface area (Å²) in [4.78, 5) is 0. The second-order valence-electron chi connectivity index (χ2n) is 15.5. The van der Waals surface area contributed by atoms with Crippen molar-refractivity contribution in [3.8, 4) is 0 Å². The maximum absolute atomic E-state index is 6.36. The Morgan fingerprint density at radius 2 is 1.35 bits per heavy atom. The Morgan fingerprint density at radius 1 is 0.757 bits per heavy atom. The smallest absolute Gasteiger partial charge is 0.0699 e. The van der Waals surface area contributed by atoms with E-state index in [0.717, 1.165) is 71.0 Å². The van der Waals surface area contributed by atoms with Crippen LogP contribution in [0.2, 0.25) is 5.82 Å². The molecule has 0 aromatic rings. The molecule has 11 atom stereocenters. The van der Waals surface area contributed by atoms with Gasteiger partial charge in [-0.2, -0.15) is 0 Å². The molecule has 0 bridgehead atoms. The third-order valence-corrected chi connectivity index (χ3v) is 13.0. The van der Waals surface area contributed by atoms with E-state index in [4.69, 9.17) is 7.85 Å². The molecule has 1 heteroatoms. The lowest BCUT2D eigenvalue weighted by atomic mass is 9.53. The Labute approximate surface area is 234 Å². The van der Waals surface area contributed by atoms with Gasteiger partial charge in [0.25, 0.3) is 0 Å². The molecule has 11 unspecified atom stereocenters. The number of hydrogen-bond acceptors (Lipinski definition) is 0. The third kappa shape index (κ3) is 6.94. The second-order valence-corrected chi connectivity index (χ2v) is 15.5. The number of rotatable bonds is 10. The van der Waals surface area contributed by atoms with Gasteiger partial charge < -0.3 is 0 Å². The Bertz CT molecular complexity index is 683. The third-order valence-electron chi connectivity index (χ3n) is 13.0. The lowest BCUT2D eigenvalue weighted by Gasteiger charge is -2.52. The summed E-state index contributed by atoms with van der Waals surface area (Å²) < 4.78 is 0. The van der Waals surface area contributed by atoms with E-state index in [-0.39, 0.29) is 0 Å². The van der Waals surface area contributed by atoms with Crippen LogP contribution in [0.15, 0.2) is 12.7 Å². The van der Waals surface area contributed by atoms with Crippen LogP contribution in [0.5, 0.6) is 0 Å². The SMILES string of the molecule is [B]C(C)C(C)CCC(C)C(C1CC2C(CC(C)C2C=C)CC1C)C(C1CCCCC1)C1CCC(C)CC1. The van der Waals surface area contributed by atoms with Crippen molar-refractivity contribution in [2.45, 2.75) is 137 Å². The molecule has 2 radical (unpaired) electrons. The molecule has 37 heavy (non-hydrogen) atoms. The van der Waals surface area contributed by atoms with Gasteiger partial charge in [-0.05, 0) is 109 Å². The summed E-state index contributed by atoms with van der Waals surface area (Å²) in [5.41, 5.74) is 0. The number of fused-ring (bicyclic) bond motifs is 1. The fourth-order valence-corrected chi connectivity index (χ4v) is 10.6. The highest BCUT2D eigenvalue weighted by molar-refractivity contribution is 6.11. The van der Waals surface area contributed by atoms with E-state index in [9.17, 15) is 0 Å². The molecule has 0 spiro atoms. The molecule has 0 heterocycles. The summed E-state index contributed by atoms with van der Waals surface area (Å²) >= 11 is 0. The van der Waals surface area contributed by atoms with Gasteiger partial charge in [0.2, 0.25) is 0 Å². The van der Waals surface area contributed by atoms with Crippen LogP contribution in [0.3, 0.4) is 0 Å². The highest BCUT2D eigenvalue weighted by Crippen LogP contribution is 2.58. The summed E-state index contributed by atoms with van der Waals surface area (Å²) in [6.45, 7) is 19.4. The average molecular weight is 507 g/mol. The molecule has 4 fully saturated rings. The first-order valence-electron chi connectivity index (χ1n) is 17.1. The normalized spacial score (nSPS) is 41.4. The molecule has 0 saturated heterocycles. The van der Waals surface area contributed by atoms with Crippen LogP contribution in [0.25, 0.3) is 0 Å². The predicted octanol–water partition coefficient (Wildman–Crippen LogP) is 10.8. The van der Waals surface area contributed by atoms with E-state index in [0.29, 0.717) is 11.7 Å². The molecule has 0 aliphatic heterocycles. The molecule has 4 aliphatic carbocycles. The zero-order valence-electron chi connectivity index (χ0n) is 25.8. The maximum atomic E-state index is 6.36. The van der Waals surface area contributed by atoms with Crippen LogP contribution in [0.1, 0.15) is 131 Å². The van der Waals surface area contributed by atoms with Crippen LogP contribution < -0.4 is 0 Å². The van der Waals surface area contributed by atoms with E-state index in [1.807, 2.05) is 0 Å². The molecule has 210 valence electrons. The highest BCUT2D eigenvalue weighted by Gasteiger charge is 2.50. The zero-order chi connectivity index (χ0) is 26.7. The lowest BCUT2D eigenvalue weighted by Crippen LogP contribution is -2.45. The summed E-state index contributed by atoms with van der Waals surface area (Å²) in [5.74, 6) is 11.9. The summed E-state index contributed by atoms with van der Waals surface area (Å²) in [6, 6.07) is 0. The monoisotopic (exact) mass is 507 g/mol. The van der Waals surface area contributed by atoms with Crippen molar-refractivity contribution in [1.82, 2.24) is 0 Å². The molecular weight excluding hydrogens is 443 g/mol. The van der Waals surface area contributed by atoms with Crippen LogP contribution >= 0.6 is 0 Å². The van der Waals surface area contributed by atoms with Crippen LogP contribution in [-0.4, -0.2) is 7.85 Å². The van der Waals surface area contributed by atoms with Crippen LogP contribution in [0, 0.1) is 76.9 Å². The molecular formula is C36H63B. The predicted molar refractivity (Wildman–Crippen MR) is 164 cm³/mol. The molecule has 4 aliphatic rings. The molecule has 0 amide bonds. The lowest BCUT2D eigenvalue weighted by molar-refractivity contribution is -0.0292. The van der Waals surface area contributed by atoms with Gasteiger partial charge in [0.05, 0.1) is 7.85 Å². The van der Waals surface area contributed by atoms with Gasteiger partial charge in [-0.25, -0.2) is 0 Å². The molecule has 0 nitrogen and oxygen atoms in total. The van der Waals surface area contributed by atoms with Crippen molar-refractivity contribution in [2.24, 2.45) is 76.9 Å². The summed E-state index contributed by atoms with van der Waals surface area (Å²) in [6.07, 6.45) is 23.0. The molecule has 4 saturated carbocycles. The highest BCUT2D eigenvalue weighted by atomic mass is 14.6. The fraction of sp³-hybridized carbons (Fsp3) is 0.944. The quantitative estimate of drug-likeness (QED) is 0.204. The van der Waals surface area contributed by atoms with Crippen molar-refractivity contribution < 1.29 is 0 Å². The van der Waals surface area contributed by atoms with Gasteiger partial charge in [-0.3, -0.25) is 0 Å². The van der Waals surface area contributed by atoms with E-state index in [1.165, 1.54) is 89.9 Å². The van der Waals surface area contributed by atoms with E-state index in [1.54, 1.807) is 0 Å². The van der Waals surface area contributed by atoms with Gasteiger partial charge in [-0.15, -0.1) is 6.58 Å². The Balaban J connectivity index is 1.65. The molecule has 4 rings (SSSR count). The second kappa shape index (κ2) is 13.4. The van der Waals surface area contributed by atoms with Gasteiger partial charge in [0.15, 0.2) is 0 Å². The standard InChI is InChI=1S/C36H63B/c1-8-32-26(5)20-31-21-27(6)33(22-34(31)32)35(25(4)17-16-24(3)28(7)37)36(29-12-10-9-11-13-29)30-18-14-23(2)15-19-30/h8,23-36H,1,9-22H2,2-7H3. The first-order valence-corrected chi connectivity index (χ1v) is 17.1. The number of hydrogen-bond donors (Lipinski definition) is 0. The summed E-state index contributed by atoms with van der Waals surface area (Å²) in [7, 11) is 6.36. The van der Waals surface area contributed by atoms with E-state index < -0.39 is 0 Å².